The quantitative estimate of drug-likeness (QED) is 0.726. The molecule has 0 fully saturated rings. The summed E-state index contributed by atoms with van der Waals surface area (Å²) in [6.07, 6.45) is 1.72. The standard InChI is InChI=1S/C9H17NO2S/c1-9(2,3)7-10-8-4-5-13(11,12)6-8/h4-5,8,10H,6-7H2,1-3H3. The van der Waals surface area contributed by atoms with E-state index in [0.717, 1.165) is 6.54 Å². The highest BCUT2D eigenvalue weighted by atomic mass is 32.2. The second-order valence-corrected chi connectivity index (χ2v) is 6.64. The number of nitrogens with one attached hydrogen (secondary N) is 1. The fourth-order valence-electron chi connectivity index (χ4n) is 1.14. The van der Waals surface area contributed by atoms with Crippen molar-refractivity contribution in [3.8, 4) is 0 Å². The van der Waals surface area contributed by atoms with Gasteiger partial charge in [0.15, 0.2) is 9.84 Å². The summed E-state index contributed by atoms with van der Waals surface area (Å²) in [4.78, 5) is 0. The van der Waals surface area contributed by atoms with Crippen LogP contribution in [0.1, 0.15) is 20.8 Å². The summed E-state index contributed by atoms with van der Waals surface area (Å²) in [5.41, 5.74) is 0.195. The Kier molecular flexibility index (Phi) is 2.82. The second kappa shape index (κ2) is 3.42. The van der Waals surface area contributed by atoms with Crippen LogP contribution in [0.2, 0.25) is 0 Å². The third-order valence-corrected chi connectivity index (χ3v) is 3.22. The fourth-order valence-corrected chi connectivity index (χ4v) is 2.41. The molecule has 0 aromatic carbocycles. The van der Waals surface area contributed by atoms with Crippen LogP contribution >= 0.6 is 0 Å². The molecule has 0 aliphatic carbocycles. The molecule has 13 heavy (non-hydrogen) atoms. The van der Waals surface area contributed by atoms with Gasteiger partial charge in [0.05, 0.1) is 5.75 Å². The first-order valence-corrected chi connectivity index (χ1v) is 6.14. The lowest BCUT2D eigenvalue weighted by Gasteiger charge is -2.21. The predicted octanol–water partition coefficient (Wildman–Crippen LogP) is 0.933. The first-order valence-electron chi connectivity index (χ1n) is 4.43. The van der Waals surface area contributed by atoms with Crippen LogP contribution in [-0.4, -0.2) is 26.8 Å². The third kappa shape index (κ3) is 3.91. The Morgan fingerprint density at radius 3 is 2.46 bits per heavy atom. The number of hydrogen-bond donors (Lipinski definition) is 1. The van der Waals surface area contributed by atoms with Gasteiger partial charge in [-0.3, -0.25) is 0 Å². The van der Waals surface area contributed by atoms with Crippen molar-refractivity contribution in [2.75, 3.05) is 12.3 Å². The predicted molar refractivity (Wildman–Crippen MR) is 54.2 cm³/mol. The number of hydrogen-bond acceptors (Lipinski definition) is 3. The van der Waals surface area contributed by atoms with Crippen molar-refractivity contribution in [1.82, 2.24) is 5.32 Å². The molecule has 3 nitrogen and oxygen atoms in total. The highest BCUT2D eigenvalue weighted by Crippen LogP contribution is 2.13. The first kappa shape index (κ1) is 10.7. The van der Waals surface area contributed by atoms with Crippen LogP contribution in [0.25, 0.3) is 0 Å². The molecule has 1 aliphatic rings. The molecule has 0 spiro atoms. The Morgan fingerprint density at radius 2 is 2.08 bits per heavy atom. The lowest BCUT2D eigenvalue weighted by Crippen LogP contribution is -2.36. The van der Waals surface area contributed by atoms with Gasteiger partial charge < -0.3 is 5.32 Å². The lowest BCUT2D eigenvalue weighted by atomic mass is 9.97. The summed E-state index contributed by atoms with van der Waals surface area (Å²) < 4.78 is 22.1. The normalized spacial score (nSPS) is 26.5. The van der Waals surface area contributed by atoms with Gasteiger partial charge in [0.2, 0.25) is 0 Å². The van der Waals surface area contributed by atoms with Crippen molar-refractivity contribution >= 4 is 9.84 Å². The maximum atomic E-state index is 11.0. The van der Waals surface area contributed by atoms with Gasteiger partial charge in [-0.15, -0.1) is 0 Å². The van der Waals surface area contributed by atoms with Crippen molar-refractivity contribution in [2.45, 2.75) is 26.8 Å². The Labute approximate surface area is 80.1 Å². The number of sulfone groups is 1. The molecule has 1 rings (SSSR count). The maximum Gasteiger partial charge on any atom is 0.173 e. The topological polar surface area (TPSA) is 46.2 Å². The molecule has 0 radical (unpaired) electrons. The molecule has 1 heterocycles. The van der Waals surface area contributed by atoms with E-state index in [2.05, 4.69) is 26.1 Å². The molecule has 0 aromatic heterocycles. The molecule has 1 N–H and O–H groups in total. The molecule has 0 bridgehead atoms. The van der Waals surface area contributed by atoms with Gasteiger partial charge in [-0.1, -0.05) is 26.8 Å². The molecular formula is C9H17NO2S. The minimum absolute atomic E-state index is 0.00391. The molecule has 0 saturated carbocycles. The average Bonchev–Trinajstić information content (AvgIpc) is 2.24. The van der Waals surface area contributed by atoms with E-state index in [1.807, 2.05) is 0 Å². The lowest BCUT2D eigenvalue weighted by molar-refractivity contribution is 0.372. The van der Waals surface area contributed by atoms with E-state index in [-0.39, 0.29) is 17.2 Å². The van der Waals surface area contributed by atoms with Gasteiger partial charge in [0.25, 0.3) is 0 Å². The minimum Gasteiger partial charge on any atom is -0.309 e. The molecule has 76 valence electrons. The van der Waals surface area contributed by atoms with Crippen molar-refractivity contribution in [2.24, 2.45) is 5.41 Å². The molecule has 1 unspecified atom stereocenters. The van der Waals surface area contributed by atoms with Crippen molar-refractivity contribution in [3.05, 3.63) is 11.5 Å². The number of rotatable bonds is 2. The van der Waals surface area contributed by atoms with Crippen molar-refractivity contribution < 1.29 is 8.42 Å². The SMILES string of the molecule is CC(C)(C)CNC1C=CS(=O)(=O)C1. The molecule has 1 aliphatic heterocycles. The maximum absolute atomic E-state index is 11.0. The molecule has 0 amide bonds. The zero-order valence-corrected chi connectivity index (χ0v) is 9.19. The van der Waals surface area contributed by atoms with E-state index in [9.17, 15) is 8.42 Å². The van der Waals surface area contributed by atoms with Crippen LogP contribution in [0.5, 0.6) is 0 Å². The van der Waals surface area contributed by atoms with Crippen LogP contribution < -0.4 is 5.32 Å². The van der Waals surface area contributed by atoms with Crippen molar-refractivity contribution in [1.29, 1.82) is 0 Å². The van der Waals surface area contributed by atoms with Crippen LogP contribution in [-0.2, 0) is 9.84 Å². The minimum atomic E-state index is -2.91. The van der Waals surface area contributed by atoms with Gasteiger partial charge >= 0.3 is 0 Å². The Morgan fingerprint density at radius 1 is 1.46 bits per heavy atom. The summed E-state index contributed by atoms with van der Waals surface area (Å²) in [7, 11) is -2.91. The molecular weight excluding hydrogens is 186 g/mol. The van der Waals surface area contributed by atoms with Gasteiger partial charge in [0, 0.05) is 18.0 Å². The summed E-state index contributed by atoms with van der Waals surface area (Å²) in [6.45, 7) is 7.19. The second-order valence-electron chi connectivity index (χ2n) is 4.71. The van der Waals surface area contributed by atoms with Gasteiger partial charge in [-0.25, -0.2) is 8.42 Å². The summed E-state index contributed by atoms with van der Waals surface area (Å²) in [5, 5.41) is 4.51. The third-order valence-electron chi connectivity index (χ3n) is 1.82. The van der Waals surface area contributed by atoms with E-state index in [4.69, 9.17) is 0 Å². The van der Waals surface area contributed by atoms with E-state index >= 15 is 0 Å². The van der Waals surface area contributed by atoms with Crippen LogP contribution in [0.3, 0.4) is 0 Å². The van der Waals surface area contributed by atoms with Crippen LogP contribution in [0.15, 0.2) is 11.5 Å². The van der Waals surface area contributed by atoms with Gasteiger partial charge in [0.1, 0.15) is 0 Å². The zero-order chi connectivity index (χ0) is 10.1. The summed E-state index contributed by atoms with van der Waals surface area (Å²) >= 11 is 0. The van der Waals surface area contributed by atoms with E-state index in [1.165, 1.54) is 5.41 Å². The van der Waals surface area contributed by atoms with E-state index in [0.29, 0.717) is 0 Å². The Hall–Kier alpha value is -0.350. The molecule has 4 heteroatoms. The summed E-state index contributed by atoms with van der Waals surface area (Å²) in [6, 6.07) is 0.00391. The zero-order valence-electron chi connectivity index (χ0n) is 8.37. The Bertz CT molecular complexity index is 298. The monoisotopic (exact) mass is 203 g/mol. The fraction of sp³-hybridized carbons (Fsp3) is 0.778. The highest BCUT2D eigenvalue weighted by molar-refractivity contribution is 7.94. The molecule has 0 aromatic rings. The van der Waals surface area contributed by atoms with Crippen LogP contribution in [0, 0.1) is 5.41 Å². The average molecular weight is 203 g/mol. The van der Waals surface area contributed by atoms with E-state index < -0.39 is 9.84 Å². The first-order chi connectivity index (χ1) is 5.79. The summed E-state index contributed by atoms with van der Waals surface area (Å²) in [5.74, 6) is 0.211. The van der Waals surface area contributed by atoms with Gasteiger partial charge in [-0.05, 0) is 5.41 Å². The highest BCUT2D eigenvalue weighted by Gasteiger charge is 2.22. The van der Waals surface area contributed by atoms with Crippen LogP contribution in [0.4, 0.5) is 0 Å². The van der Waals surface area contributed by atoms with E-state index in [1.54, 1.807) is 6.08 Å². The molecule has 0 saturated heterocycles. The molecule has 1 atom stereocenters. The smallest absolute Gasteiger partial charge is 0.173 e. The van der Waals surface area contributed by atoms with Crippen molar-refractivity contribution in [3.63, 3.8) is 0 Å². The van der Waals surface area contributed by atoms with Gasteiger partial charge in [-0.2, -0.15) is 0 Å². The Balaban J connectivity index is 2.39. The largest absolute Gasteiger partial charge is 0.309 e.